The van der Waals surface area contributed by atoms with Crippen LogP contribution < -0.4 is 15.4 Å². The molecule has 8 nitrogen and oxygen atoms in total. The Morgan fingerprint density at radius 3 is 2.59 bits per heavy atom. The average Bonchev–Trinajstić information content (AvgIpc) is 2.80. The molecular formula is C21H21BrF3N5O3S. The Balaban J connectivity index is 1.74. The second-order valence-corrected chi connectivity index (χ2v) is 9.91. The van der Waals surface area contributed by atoms with E-state index in [1.54, 1.807) is 13.0 Å². The molecule has 0 saturated carbocycles. The van der Waals surface area contributed by atoms with Crippen molar-refractivity contribution in [3.63, 3.8) is 0 Å². The van der Waals surface area contributed by atoms with Crippen LogP contribution in [0.25, 0.3) is 0 Å². The summed E-state index contributed by atoms with van der Waals surface area (Å²) in [7, 11) is -4.02. The van der Waals surface area contributed by atoms with E-state index in [1.807, 2.05) is 0 Å². The average molecular weight is 560 g/mol. The van der Waals surface area contributed by atoms with Gasteiger partial charge in [-0.2, -0.15) is 18.2 Å². The highest BCUT2D eigenvalue weighted by Crippen LogP contribution is 2.29. The number of aliphatic hydroxyl groups is 1. The van der Waals surface area contributed by atoms with E-state index in [9.17, 15) is 26.7 Å². The van der Waals surface area contributed by atoms with Gasteiger partial charge in [0.25, 0.3) is 0 Å². The first kappa shape index (κ1) is 25.9. The molecule has 1 aromatic heterocycles. The van der Waals surface area contributed by atoms with Crippen molar-refractivity contribution in [2.75, 3.05) is 17.2 Å². The highest BCUT2D eigenvalue weighted by Gasteiger charge is 2.30. The molecule has 0 saturated heterocycles. The number of nitrogens with one attached hydrogen (secondary N) is 3. The number of rotatable bonds is 9. The van der Waals surface area contributed by atoms with E-state index in [0.29, 0.717) is 16.0 Å². The molecule has 0 radical (unpaired) electrons. The van der Waals surface area contributed by atoms with Crippen molar-refractivity contribution in [3.8, 4) is 0 Å². The molecular weight excluding hydrogens is 539 g/mol. The molecule has 1 heterocycles. The maximum Gasteiger partial charge on any atom is 0.416 e. The summed E-state index contributed by atoms with van der Waals surface area (Å²) < 4.78 is 67.0. The van der Waals surface area contributed by atoms with E-state index in [0.717, 1.165) is 12.1 Å². The standard InChI is InChI=1S/C21H21BrF3N5O3S/c1-13(12-31)28-19-18(22)11-26-20(30-19)29-16-6-3-7-17(9-16)34(32,33)27-10-14-4-2-5-15(8-14)21(23,24)25/h2-9,11,13,27,31H,10,12H2,1H3,(H2,26,28,29,30). The molecule has 0 amide bonds. The van der Waals surface area contributed by atoms with Gasteiger partial charge in [-0.25, -0.2) is 18.1 Å². The van der Waals surface area contributed by atoms with E-state index in [1.165, 1.54) is 36.5 Å². The van der Waals surface area contributed by atoms with Crippen molar-refractivity contribution in [2.45, 2.75) is 30.6 Å². The minimum absolute atomic E-state index is 0.0890. The molecule has 3 aromatic rings. The number of hydrogen-bond acceptors (Lipinski definition) is 7. The summed E-state index contributed by atoms with van der Waals surface area (Å²) in [6.07, 6.45) is -3.02. The Bertz CT molecular complexity index is 1260. The number of hydrogen-bond donors (Lipinski definition) is 4. The molecule has 0 aliphatic heterocycles. The second kappa shape index (κ2) is 10.7. The quantitative estimate of drug-likeness (QED) is 0.309. The topological polar surface area (TPSA) is 116 Å². The molecule has 1 unspecified atom stereocenters. The SMILES string of the molecule is CC(CO)Nc1nc(Nc2cccc(S(=O)(=O)NCc3cccc(C(F)(F)F)c3)c2)ncc1Br. The summed E-state index contributed by atoms with van der Waals surface area (Å²) in [6, 6.07) is 10.0. The summed E-state index contributed by atoms with van der Waals surface area (Å²) in [5, 5.41) is 15.1. The molecule has 13 heteroatoms. The van der Waals surface area contributed by atoms with Crippen LogP contribution in [0.5, 0.6) is 0 Å². The third-order valence-electron chi connectivity index (χ3n) is 4.52. The number of halogens is 4. The largest absolute Gasteiger partial charge is 0.416 e. The monoisotopic (exact) mass is 559 g/mol. The summed E-state index contributed by atoms with van der Waals surface area (Å²) >= 11 is 3.32. The van der Waals surface area contributed by atoms with E-state index in [-0.39, 0.29) is 35.6 Å². The van der Waals surface area contributed by atoms with Crippen LogP contribution in [0.2, 0.25) is 0 Å². The van der Waals surface area contributed by atoms with E-state index >= 15 is 0 Å². The summed E-state index contributed by atoms with van der Waals surface area (Å²) in [4.78, 5) is 8.35. The van der Waals surface area contributed by atoms with Gasteiger partial charge in [0.15, 0.2) is 0 Å². The number of aliphatic hydroxyl groups excluding tert-OH is 1. The first-order chi connectivity index (χ1) is 16.0. The van der Waals surface area contributed by atoms with Gasteiger partial charge in [0.2, 0.25) is 16.0 Å². The molecule has 4 N–H and O–H groups in total. The number of alkyl halides is 3. The lowest BCUT2D eigenvalue weighted by Crippen LogP contribution is -2.23. The van der Waals surface area contributed by atoms with Crippen LogP contribution in [-0.2, 0) is 22.7 Å². The van der Waals surface area contributed by atoms with Crippen LogP contribution in [0.1, 0.15) is 18.1 Å². The highest BCUT2D eigenvalue weighted by atomic mass is 79.9. The fourth-order valence-electron chi connectivity index (χ4n) is 2.80. The number of benzene rings is 2. The molecule has 0 fully saturated rings. The zero-order chi connectivity index (χ0) is 24.9. The van der Waals surface area contributed by atoms with Crippen molar-refractivity contribution in [2.24, 2.45) is 0 Å². The van der Waals surface area contributed by atoms with Crippen LogP contribution in [0.4, 0.5) is 30.6 Å². The Morgan fingerprint density at radius 1 is 1.15 bits per heavy atom. The second-order valence-electron chi connectivity index (χ2n) is 7.29. The van der Waals surface area contributed by atoms with Gasteiger partial charge in [-0.15, -0.1) is 0 Å². The third kappa shape index (κ3) is 6.88. The lowest BCUT2D eigenvalue weighted by atomic mass is 10.1. The minimum Gasteiger partial charge on any atom is -0.394 e. The predicted molar refractivity (Wildman–Crippen MR) is 125 cm³/mol. The van der Waals surface area contributed by atoms with Crippen molar-refractivity contribution in [1.29, 1.82) is 0 Å². The van der Waals surface area contributed by atoms with Gasteiger partial charge in [0, 0.05) is 24.5 Å². The summed E-state index contributed by atoms with van der Waals surface area (Å²) in [6.45, 7) is 1.35. The number of nitrogens with zero attached hydrogens (tertiary/aromatic N) is 2. The first-order valence-corrected chi connectivity index (χ1v) is 12.2. The van der Waals surface area contributed by atoms with Crippen molar-refractivity contribution in [1.82, 2.24) is 14.7 Å². The Kier molecular flexibility index (Phi) is 8.13. The smallest absolute Gasteiger partial charge is 0.394 e. The van der Waals surface area contributed by atoms with Gasteiger partial charge in [-0.3, -0.25) is 0 Å². The summed E-state index contributed by atoms with van der Waals surface area (Å²) in [5.41, 5.74) is -0.300. The first-order valence-electron chi connectivity index (χ1n) is 9.91. The Hall–Kier alpha value is -2.74. The molecule has 0 spiro atoms. The van der Waals surface area contributed by atoms with Crippen LogP contribution in [0, 0.1) is 0 Å². The minimum atomic E-state index is -4.52. The van der Waals surface area contributed by atoms with Gasteiger partial charge in [-0.1, -0.05) is 24.3 Å². The molecule has 0 aliphatic carbocycles. The number of sulfonamides is 1. The number of aromatic nitrogens is 2. The van der Waals surface area contributed by atoms with Gasteiger partial charge >= 0.3 is 6.18 Å². The maximum atomic E-state index is 12.9. The van der Waals surface area contributed by atoms with Gasteiger partial charge in [-0.05, 0) is 52.7 Å². The van der Waals surface area contributed by atoms with Gasteiger partial charge < -0.3 is 15.7 Å². The van der Waals surface area contributed by atoms with Crippen molar-refractivity contribution in [3.05, 3.63) is 70.3 Å². The molecule has 34 heavy (non-hydrogen) atoms. The molecule has 182 valence electrons. The molecule has 0 aliphatic rings. The van der Waals surface area contributed by atoms with Crippen LogP contribution in [0.15, 0.2) is 64.1 Å². The van der Waals surface area contributed by atoms with Crippen LogP contribution in [-0.4, -0.2) is 36.1 Å². The fourth-order valence-corrected chi connectivity index (χ4v) is 4.17. The van der Waals surface area contributed by atoms with Crippen molar-refractivity contribution >= 4 is 43.4 Å². The molecule has 1 atom stereocenters. The lowest BCUT2D eigenvalue weighted by Gasteiger charge is -2.14. The van der Waals surface area contributed by atoms with E-state index < -0.39 is 21.8 Å². The van der Waals surface area contributed by atoms with E-state index in [4.69, 9.17) is 0 Å². The van der Waals surface area contributed by atoms with E-state index in [2.05, 4.69) is 41.3 Å². The zero-order valence-corrected chi connectivity index (χ0v) is 20.2. The predicted octanol–water partition coefficient (Wildman–Crippen LogP) is 4.27. The lowest BCUT2D eigenvalue weighted by molar-refractivity contribution is -0.137. The third-order valence-corrected chi connectivity index (χ3v) is 6.50. The van der Waals surface area contributed by atoms with Crippen LogP contribution in [0.3, 0.4) is 0 Å². The van der Waals surface area contributed by atoms with Gasteiger partial charge in [0.1, 0.15) is 5.82 Å². The molecule has 0 bridgehead atoms. The fraction of sp³-hybridized carbons (Fsp3) is 0.238. The Morgan fingerprint density at radius 2 is 1.88 bits per heavy atom. The summed E-state index contributed by atoms with van der Waals surface area (Å²) in [5.74, 6) is 0.618. The molecule has 3 rings (SSSR count). The molecule has 2 aromatic carbocycles. The highest BCUT2D eigenvalue weighted by molar-refractivity contribution is 9.10. The van der Waals surface area contributed by atoms with Gasteiger partial charge in [0.05, 0.1) is 21.5 Å². The Labute approximate surface area is 202 Å². The van der Waals surface area contributed by atoms with Crippen molar-refractivity contribution < 1.29 is 26.7 Å². The maximum absolute atomic E-state index is 12.9. The zero-order valence-electron chi connectivity index (χ0n) is 17.8. The van der Waals surface area contributed by atoms with Crippen LogP contribution >= 0.6 is 15.9 Å². The number of anilines is 3. The normalized spacial score (nSPS) is 12.9.